The van der Waals surface area contributed by atoms with Gasteiger partial charge in [-0.25, -0.2) is 0 Å². The van der Waals surface area contributed by atoms with E-state index in [1.54, 1.807) is 30.2 Å². The molecule has 8 nitrogen and oxygen atoms in total. The van der Waals surface area contributed by atoms with Gasteiger partial charge < -0.3 is 29.5 Å². The summed E-state index contributed by atoms with van der Waals surface area (Å²) in [4.78, 5) is 32.0. The maximum absolute atomic E-state index is 12.9. The zero-order chi connectivity index (χ0) is 22.1. The summed E-state index contributed by atoms with van der Waals surface area (Å²) >= 11 is 0. The highest BCUT2D eigenvalue weighted by molar-refractivity contribution is 5.98. The molecule has 2 saturated heterocycles. The zero-order valence-electron chi connectivity index (χ0n) is 18.3. The number of piperidine rings is 1. The molecule has 0 aromatic heterocycles. The van der Waals surface area contributed by atoms with Gasteiger partial charge >= 0.3 is 0 Å². The van der Waals surface area contributed by atoms with Crippen LogP contribution in [0.25, 0.3) is 0 Å². The van der Waals surface area contributed by atoms with Crippen molar-refractivity contribution in [2.75, 3.05) is 51.6 Å². The number of anilines is 1. The fourth-order valence-electron chi connectivity index (χ4n) is 4.97. The highest BCUT2D eigenvalue weighted by Crippen LogP contribution is 2.37. The number of ether oxygens (including phenoxy) is 2. The average molecular weight is 437 g/mol. The number of hydrogen-bond donors (Lipinski definition) is 1. The SMILES string of the molecule is COc1cccc2c1OCN(CCN1CCC3(CC1)C(=O)NCN3c1ccccc1)C2=O. The van der Waals surface area contributed by atoms with E-state index in [9.17, 15) is 9.59 Å². The number of carbonyl (C=O) groups is 2. The van der Waals surface area contributed by atoms with E-state index in [-0.39, 0.29) is 18.5 Å². The number of amides is 2. The highest BCUT2D eigenvalue weighted by Gasteiger charge is 2.50. The van der Waals surface area contributed by atoms with Gasteiger partial charge in [0.15, 0.2) is 18.2 Å². The molecule has 1 N–H and O–H groups in total. The molecule has 3 aliphatic rings. The van der Waals surface area contributed by atoms with Gasteiger partial charge in [-0.1, -0.05) is 24.3 Å². The lowest BCUT2D eigenvalue weighted by atomic mass is 9.85. The monoisotopic (exact) mass is 436 g/mol. The number of nitrogens with one attached hydrogen (secondary N) is 1. The Morgan fingerprint density at radius 3 is 2.56 bits per heavy atom. The number of nitrogens with zero attached hydrogens (tertiary/aromatic N) is 3. The lowest BCUT2D eigenvalue weighted by molar-refractivity contribution is -0.125. The number of carbonyl (C=O) groups excluding carboxylic acids is 2. The molecule has 3 heterocycles. The van der Waals surface area contributed by atoms with Crippen molar-refractivity contribution in [3.05, 3.63) is 54.1 Å². The fourth-order valence-corrected chi connectivity index (χ4v) is 4.97. The third kappa shape index (κ3) is 3.44. The van der Waals surface area contributed by atoms with Crippen molar-refractivity contribution >= 4 is 17.5 Å². The molecule has 32 heavy (non-hydrogen) atoms. The lowest BCUT2D eigenvalue weighted by Crippen LogP contribution is -2.57. The number of para-hydroxylation sites is 2. The number of likely N-dealkylation sites (tertiary alicyclic amines) is 1. The Hall–Kier alpha value is -3.26. The quantitative estimate of drug-likeness (QED) is 0.772. The van der Waals surface area contributed by atoms with Crippen molar-refractivity contribution in [2.45, 2.75) is 18.4 Å². The van der Waals surface area contributed by atoms with Crippen LogP contribution in [0, 0.1) is 0 Å². The molecule has 168 valence electrons. The molecule has 0 radical (unpaired) electrons. The number of benzene rings is 2. The third-order valence-corrected chi connectivity index (χ3v) is 6.86. The average Bonchev–Trinajstić information content (AvgIpc) is 3.15. The van der Waals surface area contributed by atoms with E-state index in [4.69, 9.17) is 9.47 Å². The molecule has 1 spiro atoms. The number of fused-ring (bicyclic) bond motifs is 1. The van der Waals surface area contributed by atoms with E-state index < -0.39 is 5.54 Å². The van der Waals surface area contributed by atoms with E-state index >= 15 is 0 Å². The van der Waals surface area contributed by atoms with Crippen LogP contribution in [-0.4, -0.2) is 73.8 Å². The van der Waals surface area contributed by atoms with Crippen molar-refractivity contribution in [3.8, 4) is 11.5 Å². The van der Waals surface area contributed by atoms with E-state index in [0.29, 0.717) is 30.3 Å². The van der Waals surface area contributed by atoms with Gasteiger partial charge in [0.05, 0.1) is 19.3 Å². The molecule has 0 saturated carbocycles. The molecular weight excluding hydrogens is 408 g/mol. The van der Waals surface area contributed by atoms with Crippen molar-refractivity contribution in [3.63, 3.8) is 0 Å². The van der Waals surface area contributed by atoms with Crippen LogP contribution in [0.3, 0.4) is 0 Å². The Morgan fingerprint density at radius 2 is 1.81 bits per heavy atom. The first-order chi connectivity index (χ1) is 15.6. The second kappa shape index (κ2) is 8.35. The summed E-state index contributed by atoms with van der Waals surface area (Å²) in [5.74, 6) is 1.18. The molecular formula is C24H28N4O4. The van der Waals surface area contributed by atoms with E-state index in [1.165, 1.54) is 0 Å². The Labute approximate surface area is 187 Å². The van der Waals surface area contributed by atoms with Gasteiger partial charge in [-0.05, 0) is 37.1 Å². The molecule has 0 bridgehead atoms. The van der Waals surface area contributed by atoms with Gasteiger partial charge in [-0.2, -0.15) is 0 Å². The first-order valence-corrected chi connectivity index (χ1v) is 11.0. The smallest absolute Gasteiger partial charge is 0.260 e. The van der Waals surface area contributed by atoms with Crippen LogP contribution < -0.4 is 19.7 Å². The second-order valence-corrected chi connectivity index (χ2v) is 8.48. The van der Waals surface area contributed by atoms with E-state index in [0.717, 1.165) is 38.2 Å². The summed E-state index contributed by atoms with van der Waals surface area (Å²) < 4.78 is 11.1. The normalized spacial score (nSPS) is 20.2. The molecule has 0 atom stereocenters. The fraction of sp³-hybridized carbons (Fsp3) is 0.417. The number of methoxy groups -OCH3 is 1. The van der Waals surface area contributed by atoms with Crippen molar-refractivity contribution in [1.29, 1.82) is 0 Å². The first kappa shape index (κ1) is 20.6. The number of rotatable bonds is 5. The summed E-state index contributed by atoms with van der Waals surface area (Å²) in [6, 6.07) is 15.5. The minimum atomic E-state index is -0.489. The summed E-state index contributed by atoms with van der Waals surface area (Å²) in [6.07, 6.45) is 1.52. The lowest BCUT2D eigenvalue weighted by Gasteiger charge is -2.43. The first-order valence-electron chi connectivity index (χ1n) is 11.0. The Kier molecular flexibility index (Phi) is 5.38. The molecule has 2 amide bonds. The predicted molar refractivity (Wildman–Crippen MR) is 120 cm³/mol. The van der Waals surface area contributed by atoms with Crippen LogP contribution in [0.2, 0.25) is 0 Å². The highest BCUT2D eigenvalue weighted by atomic mass is 16.5. The van der Waals surface area contributed by atoms with E-state index in [2.05, 4.69) is 27.2 Å². The van der Waals surface area contributed by atoms with Gasteiger partial charge in [0, 0.05) is 31.9 Å². The molecule has 3 aliphatic heterocycles. The van der Waals surface area contributed by atoms with Crippen molar-refractivity contribution < 1.29 is 19.1 Å². The Morgan fingerprint density at radius 1 is 1.03 bits per heavy atom. The predicted octanol–water partition coefficient (Wildman–Crippen LogP) is 1.92. The van der Waals surface area contributed by atoms with Crippen molar-refractivity contribution in [1.82, 2.24) is 15.1 Å². The van der Waals surface area contributed by atoms with Gasteiger partial charge in [0.1, 0.15) is 5.54 Å². The minimum absolute atomic E-state index is 0.0379. The zero-order valence-corrected chi connectivity index (χ0v) is 18.3. The Bertz CT molecular complexity index is 1000. The molecule has 0 unspecified atom stereocenters. The Balaban J connectivity index is 1.20. The molecule has 2 aromatic rings. The van der Waals surface area contributed by atoms with Gasteiger partial charge in [0.25, 0.3) is 5.91 Å². The molecule has 2 fully saturated rings. The minimum Gasteiger partial charge on any atom is -0.493 e. The summed E-state index contributed by atoms with van der Waals surface area (Å²) in [5, 5.41) is 3.04. The maximum Gasteiger partial charge on any atom is 0.260 e. The van der Waals surface area contributed by atoms with Crippen LogP contribution in [0.4, 0.5) is 5.69 Å². The largest absolute Gasteiger partial charge is 0.493 e. The summed E-state index contributed by atoms with van der Waals surface area (Å²) in [6.45, 7) is 3.71. The van der Waals surface area contributed by atoms with Crippen LogP contribution in [0.15, 0.2) is 48.5 Å². The van der Waals surface area contributed by atoms with Crippen LogP contribution in [0.1, 0.15) is 23.2 Å². The van der Waals surface area contributed by atoms with Gasteiger partial charge in [-0.3, -0.25) is 9.59 Å². The third-order valence-electron chi connectivity index (χ3n) is 6.86. The molecule has 2 aromatic carbocycles. The maximum atomic E-state index is 12.9. The summed E-state index contributed by atoms with van der Waals surface area (Å²) in [5.41, 5.74) is 1.12. The van der Waals surface area contributed by atoms with Crippen LogP contribution in [-0.2, 0) is 4.79 Å². The molecule has 5 rings (SSSR count). The summed E-state index contributed by atoms with van der Waals surface area (Å²) in [7, 11) is 1.57. The van der Waals surface area contributed by atoms with E-state index in [1.807, 2.05) is 18.2 Å². The van der Waals surface area contributed by atoms with Crippen LogP contribution in [0.5, 0.6) is 11.5 Å². The topological polar surface area (TPSA) is 74.4 Å². The van der Waals surface area contributed by atoms with Gasteiger partial charge in [0.2, 0.25) is 5.91 Å². The second-order valence-electron chi connectivity index (χ2n) is 8.48. The standard InChI is InChI=1S/C24H28N4O4/c1-31-20-9-5-8-19-21(20)32-17-27(22(19)29)15-14-26-12-10-24(11-13-26)23(30)25-16-28(24)18-6-3-2-4-7-18/h2-9H,10-17H2,1H3,(H,25,30). The van der Waals surface area contributed by atoms with Gasteiger partial charge in [-0.15, -0.1) is 0 Å². The molecule has 8 heteroatoms. The molecule has 0 aliphatic carbocycles. The number of hydrogen-bond acceptors (Lipinski definition) is 6. The van der Waals surface area contributed by atoms with Crippen molar-refractivity contribution in [2.24, 2.45) is 0 Å². The van der Waals surface area contributed by atoms with Crippen LogP contribution >= 0.6 is 0 Å².